The number of nitro groups is 1. The Morgan fingerprint density at radius 3 is 2.36 bits per heavy atom. The molecule has 128 valence electrons. The summed E-state index contributed by atoms with van der Waals surface area (Å²) in [5.41, 5.74) is 0. The van der Waals surface area contributed by atoms with Crippen molar-refractivity contribution in [1.29, 1.82) is 0 Å². The number of hydrogen-bond acceptors (Lipinski definition) is 6. The summed E-state index contributed by atoms with van der Waals surface area (Å²) in [4.78, 5) is 21.4. The van der Waals surface area contributed by atoms with Crippen LogP contribution in [0.25, 0.3) is 0 Å². The molecule has 0 bridgehead atoms. The number of rotatable bonds is 11. The van der Waals surface area contributed by atoms with Crippen LogP contribution in [0.3, 0.4) is 0 Å². The van der Waals surface area contributed by atoms with Crippen LogP contribution < -0.4 is 0 Å². The van der Waals surface area contributed by atoms with Gasteiger partial charge in [0.05, 0.1) is 6.10 Å². The second kappa shape index (κ2) is 8.50. The van der Waals surface area contributed by atoms with Crippen molar-refractivity contribution >= 4 is 6.29 Å². The molecule has 7 nitrogen and oxygen atoms in total. The first kappa shape index (κ1) is 18.9. The second-order valence-corrected chi connectivity index (χ2v) is 5.33. The molecule has 0 aromatic carbocycles. The van der Waals surface area contributed by atoms with E-state index in [1.54, 1.807) is 0 Å². The zero-order chi connectivity index (χ0) is 16.8. The van der Waals surface area contributed by atoms with Gasteiger partial charge in [0.2, 0.25) is 6.54 Å². The van der Waals surface area contributed by atoms with E-state index in [1.165, 1.54) is 0 Å². The fourth-order valence-corrected chi connectivity index (χ4v) is 2.39. The summed E-state index contributed by atoms with van der Waals surface area (Å²) < 4.78 is 30.2. The quantitative estimate of drug-likeness (QED) is 0.330. The Morgan fingerprint density at radius 2 is 1.95 bits per heavy atom. The highest BCUT2D eigenvalue weighted by Gasteiger charge is 2.59. The molecule has 2 atom stereocenters. The van der Waals surface area contributed by atoms with Crippen molar-refractivity contribution in [3.63, 3.8) is 0 Å². The Bertz CT molecular complexity index is 370. The smallest absolute Gasteiger partial charge is 0.337 e. The minimum Gasteiger partial charge on any atom is -0.367 e. The number of aldehydes is 1. The molecule has 0 aromatic rings. The zero-order valence-corrected chi connectivity index (χ0v) is 13.2. The van der Waals surface area contributed by atoms with Gasteiger partial charge >= 0.3 is 6.04 Å². The number of nitrogens with zero attached hydrogens (tertiary/aromatic N) is 1. The molecule has 0 amide bonds. The first-order valence-electron chi connectivity index (χ1n) is 7.67. The van der Waals surface area contributed by atoms with E-state index in [-0.39, 0.29) is 6.10 Å². The molecule has 0 saturated carbocycles. The van der Waals surface area contributed by atoms with E-state index in [9.17, 15) is 19.3 Å². The number of carbonyl (C=O) groups is 1. The molecule has 0 unspecified atom stereocenters. The predicted octanol–water partition coefficient (Wildman–Crippen LogP) is 2.45. The molecular weight excluding hydrogens is 297 g/mol. The predicted molar refractivity (Wildman–Crippen MR) is 75.4 cm³/mol. The molecule has 1 fully saturated rings. The van der Waals surface area contributed by atoms with E-state index < -0.39 is 35.8 Å². The van der Waals surface area contributed by atoms with Gasteiger partial charge in [-0.05, 0) is 19.3 Å². The average Bonchev–Trinajstić information content (AvgIpc) is 2.45. The van der Waals surface area contributed by atoms with Crippen molar-refractivity contribution < 1.29 is 28.3 Å². The maximum absolute atomic E-state index is 14.6. The Hall–Kier alpha value is -1.12. The number of halogens is 1. The molecule has 0 aliphatic carbocycles. The third-order valence-corrected chi connectivity index (χ3v) is 3.69. The molecule has 8 heteroatoms. The van der Waals surface area contributed by atoms with Gasteiger partial charge in [0.15, 0.2) is 6.29 Å². The van der Waals surface area contributed by atoms with E-state index in [0.29, 0.717) is 25.5 Å². The summed E-state index contributed by atoms with van der Waals surface area (Å²) >= 11 is 0. The van der Waals surface area contributed by atoms with Crippen LogP contribution >= 0.6 is 0 Å². The third-order valence-electron chi connectivity index (χ3n) is 3.69. The number of hydrogen-bond donors (Lipinski definition) is 0. The van der Waals surface area contributed by atoms with Crippen molar-refractivity contribution in [2.75, 3.05) is 6.54 Å². The lowest BCUT2D eigenvalue weighted by Crippen LogP contribution is -2.60. The van der Waals surface area contributed by atoms with Crippen molar-refractivity contribution in [3.05, 3.63) is 10.1 Å². The van der Waals surface area contributed by atoms with Crippen molar-refractivity contribution in [1.82, 2.24) is 0 Å². The Balaban J connectivity index is 2.82. The highest BCUT2D eigenvalue weighted by molar-refractivity contribution is 5.57. The fraction of sp³-hybridized carbons (Fsp3) is 0.929. The van der Waals surface area contributed by atoms with Crippen molar-refractivity contribution in [3.8, 4) is 0 Å². The summed E-state index contributed by atoms with van der Waals surface area (Å²) in [5, 5.41) is 10.8. The average molecular weight is 321 g/mol. The summed E-state index contributed by atoms with van der Waals surface area (Å²) in [6, 6.07) is -2.65. The minimum atomic E-state index is -2.65. The molecule has 1 aliphatic rings. The first-order valence-corrected chi connectivity index (χ1v) is 7.67. The van der Waals surface area contributed by atoms with E-state index >= 15 is 0 Å². The maximum atomic E-state index is 14.6. The van der Waals surface area contributed by atoms with Gasteiger partial charge in [0.25, 0.3) is 0 Å². The molecule has 22 heavy (non-hydrogen) atoms. The third kappa shape index (κ3) is 4.69. The van der Waals surface area contributed by atoms with Gasteiger partial charge in [-0.15, -0.1) is 0 Å². The lowest BCUT2D eigenvalue weighted by Gasteiger charge is -2.45. The Morgan fingerprint density at radius 1 is 1.36 bits per heavy atom. The van der Waals surface area contributed by atoms with E-state index in [4.69, 9.17) is 14.2 Å². The molecule has 1 rings (SSSR count). The number of carbonyl (C=O) groups excluding carboxylic acids is 1. The Labute approximate surface area is 129 Å². The largest absolute Gasteiger partial charge is 0.367 e. The maximum Gasteiger partial charge on any atom is 0.337 e. The van der Waals surface area contributed by atoms with Gasteiger partial charge in [-0.1, -0.05) is 27.2 Å². The summed E-state index contributed by atoms with van der Waals surface area (Å²) in [7, 11) is 0. The van der Waals surface area contributed by atoms with Gasteiger partial charge in [-0.2, -0.15) is 4.39 Å². The molecular formula is C14H24FNO6. The summed E-state index contributed by atoms with van der Waals surface area (Å²) in [6.45, 7) is 4.79. The molecule has 0 spiro atoms. The fourth-order valence-electron chi connectivity index (χ4n) is 2.39. The minimum absolute atomic E-state index is 0.278. The number of ether oxygens (including phenoxy) is 3. The summed E-state index contributed by atoms with van der Waals surface area (Å²) in [5.74, 6) is -1.44. The highest BCUT2D eigenvalue weighted by Crippen LogP contribution is 2.41. The van der Waals surface area contributed by atoms with Crippen LogP contribution in [0.1, 0.15) is 46.5 Å². The Kier molecular flexibility index (Phi) is 7.31. The summed E-state index contributed by atoms with van der Waals surface area (Å²) in [6.07, 6.45) is 0.523. The molecule has 1 aliphatic heterocycles. The van der Waals surface area contributed by atoms with Gasteiger partial charge in [-0.25, -0.2) is 0 Å². The van der Waals surface area contributed by atoms with Crippen LogP contribution in [0.4, 0.5) is 4.39 Å². The van der Waals surface area contributed by atoms with Crippen LogP contribution in [0.5, 0.6) is 0 Å². The van der Waals surface area contributed by atoms with Crippen molar-refractivity contribution in [2.24, 2.45) is 5.92 Å². The van der Waals surface area contributed by atoms with Gasteiger partial charge < -0.3 is 9.53 Å². The second-order valence-electron chi connectivity index (χ2n) is 5.33. The van der Waals surface area contributed by atoms with Crippen molar-refractivity contribution in [2.45, 2.75) is 71.0 Å². The van der Waals surface area contributed by atoms with Crippen LogP contribution in [0.15, 0.2) is 0 Å². The molecule has 0 N–H and O–H groups in total. The molecule has 1 saturated heterocycles. The monoisotopic (exact) mass is 321 g/mol. The standard InChI is InChI=1S/C14H24FNO6/c1-4-7-13-21-14(15,22-13)11(8-16(18)19)12(9-17)20-10(5-2)6-3/h9-13H,4-8H2,1-3H3/t11-,12-,13?,14?/m1/s1. The van der Waals surface area contributed by atoms with Crippen LogP contribution in [0.2, 0.25) is 0 Å². The van der Waals surface area contributed by atoms with Gasteiger partial charge in [-0.3, -0.25) is 19.6 Å². The van der Waals surface area contributed by atoms with E-state index in [2.05, 4.69) is 0 Å². The lowest BCUT2D eigenvalue weighted by atomic mass is 9.99. The van der Waals surface area contributed by atoms with Crippen LogP contribution in [-0.2, 0) is 19.0 Å². The SMILES string of the molecule is CCCC1OC(F)([C@H](C[N+](=O)[O-])[C@@H](C=O)OC(CC)CC)O1. The molecule has 1 heterocycles. The van der Waals surface area contributed by atoms with E-state index in [0.717, 1.165) is 6.42 Å². The van der Waals surface area contributed by atoms with E-state index in [1.807, 2.05) is 20.8 Å². The topological polar surface area (TPSA) is 87.9 Å². The molecule has 0 aromatic heterocycles. The van der Waals surface area contributed by atoms with Gasteiger partial charge in [0, 0.05) is 4.92 Å². The first-order chi connectivity index (χ1) is 10.4. The molecule has 0 radical (unpaired) electrons. The van der Waals surface area contributed by atoms with Gasteiger partial charge in [0.1, 0.15) is 18.3 Å². The zero-order valence-electron chi connectivity index (χ0n) is 13.2. The normalized spacial score (nSPS) is 27.2. The number of alkyl halides is 1. The highest BCUT2D eigenvalue weighted by atomic mass is 19.2. The van der Waals surface area contributed by atoms with Crippen LogP contribution in [-0.4, -0.2) is 42.3 Å². The van der Waals surface area contributed by atoms with Crippen LogP contribution in [0, 0.1) is 16.0 Å². The lowest BCUT2D eigenvalue weighted by molar-refractivity contribution is -0.562.